The van der Waals surface area contributed by atoms with E-state index in [1.165, 1.54) is 0 Å². The van der Waals surface area contributed by atoms with E-state index >= 15 is 0 Å². The minimum absolute atomic E-state index is 0.327. The number of carbonyl (C=O) groups is 1. The van der Waals surface area contributed by atoms with Gasteiger partial charge in [-0.15, -0.1) is 0 Å². The summed E-state index contributed by atoms with van der Waals surface area (Å²) >= 11 is 0. The van der Waals surface area contributed by atoms with Gasteiger partial charge in [0.05, 0.1) is 0 Å². The molecule has 1 rings (SSSR count). The first-order valence-corrected chi connectivity index (χ1v) is 4.29. The van der Waals surface area contributed by atoms with Crippen LogP contribution in [0.3, 0.4) is 0 Å². The maximum absolute atomic E-state index is 10.9. The van der Waals surface area contributed by atoms with Crippen LogP contribution in [-0.2, 0) is 4.79 Å². The molecule has 0 aliphatic heterocycles. The lowest BCUT2D eigenvalue weighted by atomic mass is 10.0. The molecule has 1 saturated carbocycles. The van der Waals surface area contributed by atoms with Crippen LogP contribution in [0.5, 0.6) is 0 Å². The molecule has 0 aromatic heterocycles. The first-order valence-electron chi connectivity index (χ1n) is 4.29. The highest BCUT2D eigenvalue weighted by Crippen LogP contribution is 2.69. The van der Waals surface area contributed by atoms with Crippen molar-refractivity contribution >= 4 is 5.78 Å². The average Bonchev–Trinajstić information content (AvgIpc) is 2.11. The molecular weight excluding hydrogens is 136 g/mol. The van der Waals surface area contributed by atoms with Crippen molar-refractivity contribution in [2.45, 2.75) is 41.0 Å². The van der Waals surface area contributed by atoms with Crippen molar-refractivity contribution in [3.05, 3.63) is 0 Å². The summed E-state index contributed by atoms with van der Waals surface area (Å²) in [5.74, 6) is 0.932. The molecule has 0 amide bonds. The fourth-order valence-corrected chi connectivity index (χ4v) is 2.13. The molecule has 0 saturated heterocycles. The van der Waals surface area contributed by atoms with Gasteiger partial charge in [0.1, 0.15) is 5.78 Å². The standard InChI is InChI=1S/C10H18O/c1-7(11)6-8-9(2,3)10(8,4)5/h8H,6H2,1-5H3. The van der Waals surface area contributed by atoms with Crippen LogP contribution >= 0.6 is 0 Å². The first-order chi connectivity index (χ1) is 4.80. The van der Waals surface area contributed by atoms with Crippen molar-refractivity contribution < 1.29 is 4.79 Å². The molecule has 1 heteroatoms. The minimum Gasteiger partial charge on any atom is -0.300 e. The van der Waals surface area contributed by atoms with Gasteiger partial charge in [0.25, 0.3) is 0 Å². The Hall–Kier alpha value is -0.330. The van der Waals surface area contributed by atoms with E-state index in [4.69, 9.17) is 0 Å². The Morgan fingerprint density at radius 1 is 1.18 bits per heavy atom. The molecule has 64 valence electrons. The second kappa shape index (κ2) is 2.09. The molecule has 0 unspecified atom stereocenters. The Kier molecular flexibility index (Phi) is 1.66. The Labute approximate surface area is 69.2 Å². The maximum atomic E-state index is 10.9. The summed E-state index contributed by atoms with van der Waals surface area (Å²) < 4.78 is 0. The van der Waals surface area contributed by atoms with Crippen LogP contribution in [0.25, 0.3) is 0 Å². The summed E-state index contributed by atoms with van der Waals surface area (Å²) in [5, 5.41) is 0. The molecule has 0 heterocycles. The second-order valence-electron chi connectivity index (χ2n) is 4.90. The number of ketones is 1. The third-order valence-corrected chi connectivity index (χ3v) is 3.81. The van der Waals surface area contributed by atoms with E-state index in [-0.39, 0.29) is 0 Å². The molecular formula is C10H18O. The summed E-state index contributed by atoms with van der Waals surface area (Å²) in [6.45, 7) is 10.7. The summed E-state index contributed by atoms with van der Waals surface area (Å²) in [4.78, 5) is 10.9. The predicted molar refractivity (Wildman–Crippen MR) is 46.4 cm³/mol. The lowest BCUT2D eigenvalue weighted by Gasteiger charge is -2.04. The maximum Gasteiger partial charge on any atom is 0.130 e. The van der Waals surface area contributed by atoms with Gasteiger partial charge in [-0.05, 0) is 23.7 Å². The van der Waals surface area contributed by atoms with Gasteiger partial charge in [0.2, 0.25) is 0 Å². The molecule has 0 aromatic rings. The smallest absolute Gasteiger partial charge is 0.130 e. The van der Waals surface area contributed by atoms with E-state index in [2.05, 4.69) is 27.7 Å². The third-order valence-electron chi connectivity index (χ3n) is 3.81. The van der Waals surface area contributed by atoms with Crippen molar-refractivity contribution in [3.8, 4) is 0 Å². The zero-order chi connectivity index (χ0) is 8.86. The highest BCUT2D eigenvalue weighted by Gasteiger charge is 2.64. The van der Waals surface area contributed by atoms with Crippen molar-refractivity contribution in [3.63, 3.8) is 0 Å². The van der Waals surface area contributed by atoms with Gasteiger partial charge in [-0.25, -0.2) is 0 Å². The monoisotopic (exact) mass is 154 g/mol. The SMILES string of the molecule is CC(=O)CC1C(C)(C)C1(C)C. The van der Waals surface area contributed by atoms with Gasteiger partial charge in [-0.1, -0.05) is 27.7 Å². The van der Waals surface area contributed by atoms with Gasteiger partial charge in [-0.3, -0.25) is 0 Å². The van der Waals surface area contributed by atoms with Gasteiger partial charge < -0.3 is 4.79 Å². The fraction of sp³-hybridized carbons (Fsp3) is 0.900. The zero-order valence-electron chi connectivity index (χ0n) is 8.19. The van der Waals surface area contributed by atoms with E-state index in [9.17, 15) is 4.79 Å². The van der Waals surface area contributed by atoms with Crippen LogP contribution in [0.4, 0.5) is 0 Å². The second-order valence-corrected chi connectivity index (χ2v) is 4.90. The van der Waals surface area contributed by atoms with Crippen LogP contribution < -0.4 is 0 Å². The fourth-order valence-electron chi connectivity index (χ4n) is 2.13. The molecule has 0 radical (unpaired) electrons. The average molecular weight is 154 g/mol. The topological polar surface area (TPSA) is 17.1 Å². The molecule has 0 spiro atoms. The number of rotatable bonds is 2. The third kappa shape index (κ3) is 1.11. The van der Waals surface area contributed by atoms with Crippen LogP contribution in [-0.4, -0.2) is 5.78 Å². The largest absolute Gasteiger partial charge is 0.300 e. The number of hydrogen-bond acceptors (Lipinski definition) is 1. The van der Waals surface area contributed by atoms with Crippen LogP contribution in [0, 0.1) is 16.7 Å². The lowest BCUT2D eigenvalue weighted by Crippen LogP contribution is -1.96. The number of Topliss-reactive ketones (excluding diaryl/α,β-unsaturated/α-hetero) is 1. The molecule has 1 nitrogen and oxygen atoms in total. The lowest BCUT2D eigenvalue weighted by molar-refractivity contribution is -0.117. The van der Waals surface area contributed by atoms with Crippen LogP contribution in [0.15, 0.2) is 0 Å². The Morgan fingerprint density at radius 2 is 1.55 bits per heavy atom. The Morgan fingerprint density at radius 3 is 1.64 bits per heavy atom. The molecule has 0 aromatic carbocycles. The highest BCUT2D eigenvalue weighted by atomic mass is 16.1. The van der Waals surface area contributed by atoms with E-state index < -0.39 is 0 Å². The van der Waals surface area contributed by atoms with Crippen molar-refractivity contribution in [1.29, 1.82) is 0 Å². The molecule has 1 aliphatic rings. The van der Waals surface area contributed by atoms with Crippen molar-refractivity contribution in [1.82, 2.24) is 0 Å². The van der Waals surface area contributed by atoms with Crippen molar-refractivity contribution in [2.24, 2.45) is 16.7 Å². The normalized spacial score (nSPS) is 26.6. The zero-order valence-corrected chi connectivity index (χ0v) is 8.19. The summed E-state index contributed by atoms with van der Waals surface area (Å²) in [5.41, 5.74) is 0.747. The molecule has 11 heavy (non-hydrogen) atoms. The van der Waals surface area contributed by atoms with Crippen LogP contribution in [0.1, 0.15) is 41.0 Å². The van der Waals surface area contributed by atoms with E-state index in [1.807, 2.05) is 0 Å². The highest BCUT2D eigenvalue weighted by molar-refractivity contribution is 5.76. The number of carbonyl (C=O) groups excluding carboxylic acids is 1. The Bertz CT molecular complexity index is 175. The van der Waals surface area contributed by atoms with E-state index in [0.29, 0.717) is 22.5 Å². The summed E-state index contributed by atoms with van der Waals surface area (Å²) in [7, 11) is 0. The molecule has 1 fully saturated rings. The Balaban J connectivity index is 2.61. The quantitative estimate of drug-likeness (QED) is 0.597. The summed E-state index contributed by atoms with van der Waals surface area (Å²) in [6.07, 6.45) is 0.764. The first kappa shape index (κ1) is 8.76. The summed E-state index contributed by atoms with van der Waals surface area (Å²) in [6, 6.07) is 0. The minimum atomic E-state index is 0.327. The molecule has 1 aliphatic carbocycles. The molecule has 0 bridgehead atoms. The van der Waals surface area contributed by atoms with Crippen LogP contribution in [0.2, 0.25) is 0 Å². The predicted octanol–water partition coefficient (Wildman–Crippen LogP) is 2.65. The van der Waals surface area contributed by atoms with Gasteiger partial charge in [0.15, 0.2) is 0 Å². The van der Waals surface area contributed by atoms with Gasteiger partial charge in [0, 0.05) is 6.42 Å². The number of hydrogen-bond donors (Lipinski definition) is 0. The molecule has 0 atom stereocenters. The van der Waals surface area contributed by atoms with E-state index in [1.54, 1.807) is 6.92 Å². The van der Waals surface area contributed by atoms with Gasteiger partial charge >= 0.3 is 0 Å². The van der Waals surface area contributed by atoms with Crippen molar-refractivity contribution in [2.75, 3.05) is 0 Å². The molecule has 0 N–H and O–H groups in total. The van der Waals surface area contributed by atoms with E-state index in [0.717, 1.165) is 6.42 Å². The van der Waals surface area contributed by atoms with Gasteiger partial charge in [-0.2, -0.15) is 0 Å².